The molecule has 1 aromatic carbocycles. The fourth-order valence-electron chi connectivity index (χ4n) is 4.26. The van der Waals surface area contributed by atoms with E-state index in [1.165, 1.54) is 4.31 Å². The van der Waals surface area contributed by atoms with E-state index in [9.17, 15) is 18.4 Å². The van der Waals surface area contributed by atoms with E-state index in [1.54, 1.807) is 24.7 Å². The second-order valence-corrected chi connectivity index (χ2v) is 11.2. The predicted octanol–water partition coefficient (Wildman–Crippen LogP) is 2.88. The molecule has 0 aliphatic carbocycles. The minimum absolute atomic E-state index is 0.247. The molecular weight excluding hydrogens is 516 g/mol. The summed E-state index contributed by atoms with van der Waals surface area (Å²) in [6, 6.07) is 12.3. The lowest BCUT2D eigenvalue weighted by molar-refractivity contribution is -0.158. The van der Waals surface area contributed by atoms with Crippen molar-refractivity contribution in [3.05, 3.63) is 71.9 Å². The summed E-state index contributed by atoms with van der Waals surface area (Å²) >= 11 is 5.96. The molecule has 3 heterocycles. The van der Waals surface area contributed by atoms with E-state index in [4.69, 9.17) is 11.6 Å². The van der Waals surface area contributed by atoms with Crippen molar-refractivity contribution >= 4 is 33.9 Å². The van der Waals surface area contributed by atoms with Gasteiger partial charge in [0, 0.05) is 61.8 Å². The summed E-state index contributed by atoms with van der Waals surface area (Å²) in [6.07, 6.45) is 6.66. The highest BCUT2D eigenvalue weighted by Gasteiger charge is 2.31. The zero-order valence-corrected chi connectivity index (χ0v) is 21.8. The van der Waals surface area contributed by atoms with Gasteiger partial charge in [-0.15, -0.1) is 0 Å². The van der Waals surface area contributed by atoms with Gasteiger partial charge in [0.25, 0.3) is 0 Å². The SMILES string of the molecule is O=CN(O)C(CCCc1ncccn1)CS(=O)(=O)N1CCN(c2ccc(-c3ccc(Cl)cc3)cn2)CC1. The van der Waals surface area contributed by atoms with E-state index in [0.717, 1.165) is 16.9 Å². The van der Waals surface area contributed by atoms with Crippen LogP contribution in [0, 0.1) is 0 Å². The lowest BCUT2D eigenvalue weighted by Crippen LogP contribution is -2.51. The number of aryl methyl sites for hydroxylation is 1. The van der Waals surface area contributed by atoms with Gasteiger partial charge in [0.05, 0.1) is 11.8 Å². The van der Waals surface area contributed by atoms with Crippen LogP contribution < -0.4 is 4.90 Å². The summed E-state index contributed by atoms with van der Waals surface area (Å²) in [6.45, 7) is 1.55. The third-order valence-corrected chi connectivity index (χ3v) is 8.53. The Morgan fingerprint density at radius 1 is 1.00 bits per heavy atom. The molecule has 0 saturated carbocycles. The van der Waals surface area contributed by atoms with E-state index < -0.39 is 16.1 Å². The molecule has 1 N–H and O–H groups in total. The van der Waals surface area contributed by atoms with Crippen molar-refractivity contribution in [2.45, 2.75) is 25.3 Å². The van der Waals surface area contributed by atoms with Gasteiger partial charge in [0.15, 0.2) is 0 Å². The third kappa shape index (κ3) is 7.22. The van der Waals surface area contributed by atoms with Crippen LogP contribution in [0.4, 0.5) is 5.82 Å². The van der Waals surface area contributed by atoms with E-state index >= 15 is 0 Å². The first kappa shape index (κ1) is 26.9. The number of hydroxylamine groups is 2. The second-order valence-electron chi connectivity index (χ2n) is 8.77. The van der Waals surface area contributed by atoms with Crippen molar-refractivity contribution in [2.75, 3.05) is 36.8 Å². The number of pyridine rings is 1. The van der Waals surface area contributed by atoms with Crippen molar-refractivity contribution in [3.63, 3.8) is 0 Å². The highest BCUT2D eigenvalue weighted by molar-refractivity contribution is 7.89. The molecule has 0 radical (unpaired) electrons. The summed E-state index contributed by atoms with van der Waals surface area (Å²) in [4.78, 5) is 26.1. The van der Waals surface area contributed by atoms with Gasteiger partial charge < -0.3 is 4.90 Å². The molecule has 4 rings (SSSR count). The van der Waals surface area contributed by atoms with Crippen LogP contribution in [0.25, 0.3) is 11.1 Å². The molecular formula is C25H29ClN6O4S. The van der Waals surface area contributed by atoms with Crippen molar-refractivity contribution in [1.29, 1.82) is 0 Å². The zero-order chi connectivity index (χ0) is 26.3. The number of halogens is 1. The van der Waals surface area contributed by atoms with Crippen molar-refractivity contribution in [3.8, 4) is 11.1 Å². The summed E-state index contributed by atoms with van der Waals surface area (Å²) in [7, 11) is -3.70. The average molecular weight is 545 g/mol. The molecule has 2 aromatic heterocycles. The van der Waals surface area contributed by atoms with Crippen LogP contribution in [0.5, 0.6) is 0 Å². The van der Waals surface area contributed by atoms with Gasteiger partial charge in [-0.2, -0.15) is 4.31 Å². The molecule has 196 valence electrons. The molecule has 1 amide bonds. The Hall–Kier alpha value is -3.12. The standard InChI is InChI=1S/C25H29ClN6O4S/c26-22-8-5-20(6-9-22)21-7-10-25(29-17-21)30-13-15-31(16-14-30)37(35,36)18-23(32(34)19-33)3-1-4-24-27-11-2-12-28-24/h2,5-12,17,19,23,34H,1,3-4,13-16,18H2. The molecule has 0 bridgehead atoms. The van der Waals surface area contributed by atoms with Gasteiger partial charge in [-0.3, -0.25) is 10.0 Å². The number of rotatable bonds is 11. The topological polar surface area (TPSA) is 120 Å². The smallest absolute Gasteiger partial charge is 0.233 e. The molecule has 1 atom stereocenters. The fraction of sp³-hybridized carbons (Fsp3) is 0.360. The van der Waals surface area contributed by atoms with Crippen molar-refractivity contribution in [1.82, 2.24) is 24.3 Å². The number of carbonyl (C=O) groups is 1. The number of aromatic nitrogens is 3. The molecule has 1 fully saturated rings. The molecule has 1 saturated heterocycles. The molecule has 3 aromatic rings. The van der Waals surface area contributed by atoms with Gasteiger partial charge in [0.1, 0.15) is 11.6 Å². The van der Waals surface area contributed by atoms with Crippen molar-refractivity contribution in [2.24, 2.45) is 0 Å². The van der Waals surface area contributed by atoms with Gasteiger partial charge in [0.2, 0.25) is 16.4 Å². The molecule has 12 heteroatoms. The lowest BCUT2D eigenvalue weighted by atomic mass is 10.1. The van der Waals surface area contributed by atoms with Crippen LogP contribution in [0.3, 0.4) is 0 Å². The predicted molar refractivity (Wildman–Crippen MR) is 141 cm³/mol. The van der Waals surface area contributed by atoms with E-state index in [1.807, 2.05) is 41.3 Å². The van der Waals surface area contributed by atoms with Crippen LogP contribution in [-0.2, 0) is 21.2 Å². The molecule has 0 spiro atoms. The third-order valence-electron chi connectivity index (χ3n) is 6.32. The molecule has 37 heavy (non-hydrogen) atoms. The molecule has 1 unspecified atom stereocenters. The molecule has 1 aliphatic rings. The van der Waals surface area contributed by atoms with Crippen LogP contribution in [0.2, 0.25) is 5.02 Å². The number of anilines is 1. The number of piperazine rings is 1. The van der Waals surface area contributed by atoms with E-state index in [2.05, 4.69) is 15.0 Å². The van der Waals surface area contributed by atoms with Gasteiger partial charge in [-0.05, 0) is 48.7 Å². The second kappa shape index (κ2) is 12.4. The minimum Gasteiger partial charge on any atom is -0.354 e. The normalized spacial score (nSPS) is 15.4. The van der Waals surface area contributed by atoms with E-state index in [-0.39, 0.29) is 12.2 Å². The fourth-order valence-corrected chi connectivity index (χ4v) is 6.13. The summed E-state index contributed by atoms with van der Waals surface area (Å²) in [5.74, 6) is 1.05. The quantitative estimate of drug-likeness (QED) is 0.222. The summed E-state index contributed by atoms with van der Waals surface area (Å²) in [5, 5.41) is 11.1. The van der Waals surface area contributed by atoms with Gasteiger partial charge in [-0.25, -0.2) is 28.4 Å². The number of amides is 1. The Labute approximate surface area is 221 Å². The number of hydrogen-bond acceptors (Lipinski definition) is 8. The maximum Gasteiger partial charge on any atom is 0.233 e. The Kier molecular flexibility index (Phi) is 9.04. The van der Waals surface area contributed by atoms with Crippen LogP contribution in [0.15, 0.2) is 61.1 Å². The highest BCUT2D eigenvalue weighted by atomic mass is 35.5. The lowest BCUT2D eigenvalue weighted by Gasteiger charge is -2.35. The maximum absolute atomic E-state index is 13.1. The maximum atomic E-state index is 13.1. The Balaban J connectivity index is 1.32. The van der Waals surface area contributed by atoms with E-state index in [0.29, 0.717) is 61.4 Å². The highest BCUT2D eigenvalue weighted by Crippen LogP contribution is 2.24. The largest absolute Gasteiger partial charge is 0.354 e. The van der Waals surface area contributed by atoms with Crippen LogP contribution >= 0.6 is 11.6 Å². The summed E-state index contributed by atoms with van der Waals surface area (Å²) < 4.78 is 27.7. The van der Waals surface area contributed by atoms with Crippen molar-refractivity contribution < 1.29 is 18.4 Å². The molecule has 1 aliphatic heterocycles. The Bertz CT molecular complexity index is 1250. The molecule has 10 nitrogen and oxygen atoms in total. The zero-order valence-electron chi connectivity index (χ0n) is 20.2. The first-order valence-corrected chi connectivity index (χ1v) is 14.0. The first-order valence-electron chi connectivity index (χ1n) is 12.0. The van der Waals surface area contributed by atoms with Gasteiger partial charge >= 0.3 is 0 Å². The average Bonchev–Trinajstić information content (AvgIpc) is 2.93. The monoisotopic (exact) mass is 544 g/mol. The first-order chi connectivity index (χ1) is 17.9. The summed E-state index contributed by atoms with van der Waals surface area (Å²) in [5.41, 5.74) is 1.98. The number of carbonyl (C=O) groups excluding carboxylic acids is 1. The minimum atomic E-state index is -3.70. The number of benzene rings is 1. The van der Waals surface area contributed by atoms with Crippen LogP contribution in [0.1, 0.15) is 18.7 Å². The Morgan fingerprint density at radius 3 is 2.30 bits per heavy atom. The number of hydrogen-bond donors (Lipinski definition) is 1. The van der Waals surface area contributed by atoms with Crippen LogP contribution in [-0.4, -0.2) is 82.3 Å². The Morgan fingerprint density at radius 2 is 1.68 bits per heavy atom. The number of sulfonamides is 1. The number of nitrogens with zero attached hydrogens (tertiary/aromatic N) is 6. The van der Waals surface area contributed by atoms with Gasteiger partial charge in [-0.1, -0.05) is 23.7 Å².